The number of rotatable bonds is 5. The fourth-order valence-electron chi connectivity index (χ4n) is 2.09. The summed E-state index contributed by atoms with van der Waals surface area (Å²) >= 11 is 0. The largest absolute Gasteiger partial charge is 0.368 e. The zero-order valence-corrected chi connectivity index (χ0v) is 12.7. The van der Waals surface area contributed by atoms with Crippen molar-refractivity contribution in [1.29, 1.82) is 0 Å². The number of H-pyrrole nitrogens is 1. The van der Waals surface area contributed by atoms with E-state index in [1.807, 2.05) is 16.3 Å². The van der Waals surface area contributed by atoms with Gasteiger partial charge in [0.2, 0.25) is 5.95 Å². The first-order valence-electron chi connectivity index (χ1n) is 6.80. The third-order valence-electron chi connectivity index (χ3n) is 3.10. The lowest BCUT2D eigenvalue weighted by atomic mass is 10.2. The maximum Gasteiger partial charge on any atom is 0.347 e. The molecule has 8 heteroatoms. The Bertz CT molecular complexity index is 580. The number of nitrogen functional groups attached to an aromatic ring is 1. The van der Waals surface area contributed by atoms with Crippen LogP contribution in [0.2, 0.25) is 0 Å². The van der Waals surface area contributed by atoms with E-state index in [4.69, 9.17) is 5.73 Å². The highest BCUT2D eigenvalue weighted by atomic mass is 15.5. The van der Waals surface area contributed by atoms with E-state index in [0.29, 0.717) is 18.5 Å². The van der Waals surface area contributed by atoms with Gasteiger partial charge in [-0.1, -0.05) is 27.7 Å². The molecule has 0 saturated carbocycles. The minimum absolute atomic E-state index is 0.259. The lowest BCUT2D eigenvalue weighted by Gasteiger charge is -2.08. The smallest absolute Gasteiger partial charge is 0.347 e. The Hall–Kier alpha value is -2.12. The van der Waals surface area contributed by atoms with E-state index in [-0.39, 0.29) is 5.92 Å². The lowest BCUT2D eigenvalue weighted by Crippen LogP contribution is -2.44. The molecule has 0 aliphatic heterocycles. The predicted molar refractivity (Wildman–Crippen MR) is 76.3 cm³/mol. The van der Waals surface area contributed by atoms with E-state index in [1.165, 1.54) is 0 Å². The first-order valence-corrected chi connectivity index (χ1v) is 6.80. The van der Waals surface area contributed by atoms with Crippen molar-refractivity contribution >= 4 is 11.9 Å². The molecule has 20 heavy (non-hydrogen) atoms. The lowest BCUT2D eigenvalue weighted by molar-refractivity contribution is -0.761. The van der Waals surface area contributed by atoms with Crippen molar-refractivity contribution in [3.8, 4) is 0 Å². The first-order chi connectivity index (χ1) is 9.43. The second kappa shape index (κ2) is 5.48. The van der Waals surface area contributed by atoms with Crippen LogP contribution in [0, 0.1) is 0 Å². The molecule has 0 saturated heterocycles. The van der Waals surface area contributed by atoms with E-state index in [1.54, 1.807) is 0 Å². The van der Waals surface area contributed by atoms with Crippen molar-refractivity contribution in [1.82, 2.24) is 24.8 Å². The average Bonchev–Trinajstić information content (AvgIpc) is 2.95. The summed E-state index contributed by atoms with van der Waals surface area (Å²) in [7, 11) is 1.83. The first kappa shape index (κ1) is 14.3. The summed E-state index contributed by atoms with van der Waals surface area (Å²) in [5.74, 6) is 3.52. The SMILES string of the molecule is CNc1nc(C(C)C)[n+](Cn2c(N)nnc2C(C)C)[nH]1. The molecule has 0 unspecified atom stereocenters. The topological polar surface area (TPSA) is 101 Å². The minimum atomic E-state index is 0.259. The number of hydrogen-bond donors (Lipinski definition) is 3. The van der Waals surface area contributed by atoms with E-state index >= 15 is 0 Å². The molecule has 0 aliphatic carbocycles. The second-order valence-electron chi connectivity index (χ2n) is 5.40. The minimum Gasteiger partial charge on any atom is -0.368 e. The predicted octanol–water partition coefficient (Wildman–Crippen LogP) is 0.665. The van der Waals surface area contributed by atoms with Crippen LogP contribution in [-0.2, 0) is 6.67 Å². The Morgan fingerprint density at radius 3 is 2.50 bits per heavy atom. The molecule has 2 heterocycles. The summed E-state index contributed by atoms with van der Waals surface area (Å²) in [6.45, 7) is 8.87. The molecule has 2 aromatic rings. The van der Waals surface area contributed by atoms with Crippen molar-refractivity contribution < 1.29 is 4.68 Å². The van der Waals surface area contributed by atoms with E-state index in [2.05, 4.69) is 53.3 Å². The Labute approximate surface area is 118 Å². The number of nitrogens with one attached hydrogen (secondary N) is 2. The molecular weight excluding hydrogens is 256 g/mol. The molecule has 0 aromatic carbocycles. The van der Waals surface area contributed by atoms with E-state index in [9.17, 15) is 0 Å². The highest BCUT2D eigenvalue weighted by molar-refractivity contribution is 5.20. The maximum atomic E-state index is 5.92. The van der Waals surface area contributed by atoms with Crippen molar-refractivity contribution in [2.24, 2.45) is 0 Å². The Kier molecular flexibility index (Phi) is 3.91. The fourth-order valence-corrected chi connectivity index (χ4v) is 2.09. The number of nitrogens with two attached hydrogens (primary N) is 1. The molecule has 4 N–H and O–H groups in total. The quantitative estimate of drug-likeness (QED) is 0.698. The standard InChI is InChI=1S/C12H22N8/c1-7(2)9-15-12(14-5)18-20(9)6-19-10(8(3)4)16-17-11(19)13/h7-8H,6H2,1-5H3,(H3,13,14,17,18)/p+1. The number of hydrogen-bond acceptors (Lipinski definition) is 5. The summed E-state index contributed by atoms with van der Waals surface area (Å²) in [4.78, 5) is 4.51. The van der Waals surface area contributed by atoms with Gasteiger partial charge in [0.05, 0.1) is 5.92 Å². The van der Waals surface area contributed by atoms with Crippen LogP contribution in [0.4, 0.5) is 11.9 Å². The summed E-state index contributed by atoms with van der Waals surface area (Å²) in [5, 5.41) is 14.3. The van der Waals surface area contributed by atoms with Crippen LogP contribution in [0.3, 0.4) is 0 Å². The van der Waals surface area contributed by atoms with Gasteiger partial charge < -0.3 is 11.1 Å². The average molecular weight is 279 g/mol. The summed E-state index contributed by atoms with van der Waals surface area (Å²) in [5.41, 5.74) is 5.92. The Morgan fingerprint density at radius 2 is 1.95 bits per heavy atom. The van der Waals surface area contributed by atoms with Gasteiger partial charge in [-0.3, -0.25) is 4.57 Å². The molecule has 2 rings (SSSR count). The highest BCUT2D eigenvalue weighted by Crippen LogP contribution is 2.14. The van der Waals surface area contributed by atoms with Crippen molar-refractivity contribution in [2.75, 3.05) is 18.1 Å². The van der Waals surface area contributed by atoms with Gasteiger partial charge in [0.25, 0.3) is 0 Å². The van der Waals surface area contributed by atoms with Crippen LogP contribution in [0.1, 0.15) is 51.2 Å². The normalized spacial score (nSPS) is 11.6. The molecular formula is C12H23N8+. The zero-order chi connectivity index (χ0) is 14.9. The fraction of sp³-hybridized carbons (Fsp3) is 0.667. The molecule has 0 atom stereocenters. The molecule has 0 fully saturated rings. The molecule has 0 amide bonds. The zero-order valence-electron chi connectivity index (χ0n) is 12.7. The molecule has 0 spiro atoms. The Balaban J connectivity index is 2.39. The van der Waals surface area contributed by atoms with Crippen LogP contribution in [0.15, 0.2) is 0 Å². The van der Waals surface area contributed by atoms with Gasteiger partial charge in [-0.2, -0.15) is 5.10 Å². The summed E-state index contributed by atoms with van der Waals surface area (Å²) < 4.78 is 3.86. The third kappa shape index (κ3) is 2.59. The van der Waals surface area contributed by atoms with Gasteiger partial charge in [-0.25, -0.2) is 0 Å². The Morgan fingerprint density at radius 1 is 1.25 bits per heavy atom. The number of aromatic amines is 1. The van der Waals surface area contributed by atoms with Gasteiger partial charge >= 0.3 is 11.8 Å². The van der Waals surface area contributed by atoms with Crippen LogP contribution in [0.5, 0.6) is 0 Å². The molecule has 0 bridgehead atoms. The highest BCUT2D eigenvalue weighted by Gasteiger charge is 2.24. The number of nitrogens with zero attached hydrogens (tertiary/aromatic N) is 5. The molecule has 8 nitrogen and oxygen atoms in total. The molecule has 2 aromatic heterocycles. The van der Waals surface area contributed by atoms with Gasteiger partial charge in [-0.05, 0) is 4.98 Å². The van der Waals surface area contributed by atoms with E-state index < -0.39 is 0 Å². The summed E-state index contributed by atoms with van der Waals surface area (Å²) in [6, 6.07) is 0. The monoisotopic (exact) mass is 279 g/mol. The maximum absolute atomic E-state index is 5.92. The van der Waals surface area contributed by atoms with Crippen LogP contribution in [-0.4, -0.2) is 31.9 Å². The van der Waals surface area contributed by atoms with Crippen LogP contribution in [0.25, 0.3) is 0 Å². The number of anilines is 2. The van der Waals surface area contributed by atoms with Crippen molar-refractivity contribution in [3.63, 3.8) is 0 Å². The molecule has 0 radical (unpaired) electrons. The van der Waals surface area contributed by atoms with Gasteiger partial charge in [0, 0.05) is 13.0 Å². The molecule has 110 valence electrons. The molecule has 0 aliphatic rings. The van der Waals surface area contributed by atoms with Crippen molar-refractivity contribution in [2.45, 2.75) is 46.2 Å². The van der Waals surface area contributed by atoms with Crippen molar-refractivity contribution in [3.05, 3.63) is 11.6 Å². The van der Waals surface area contributed by atoms with Gasteiger partial charge in [0.15, 0.2) is 6.67 Å². The van der Waals surface area contributed by atoms with Gasteiger partial charge in [-0.15, -0.1) is 14.9 Å². The van der Waals surface area contributed by atoms with E-state index in [0.717, 1.165) is 17.6 Å². The summed E-state index contributed by atoms with van der Waals surface area (Å²) in [6.07, 6.45) is 0. The third-order valence-corrected chi connectivity index (χ3v) is 3.10. The van der Waals surface area contributed by atoms with Crippen LogP contribution < -0.4 is 15.7 Å². The van der Waals surface area contributed by atoms with Gasteiger partial charge in [0.1, 0.15) is 5.82 Å². The second-order valence-corrected chi connectivity index (χ2v) is 5.40. The number of aromatic nitrogens is 6. The van der Waals surface area contributed by atoms with Crippen LogP contribution >= 0.6 is 0 Å².